The third kappa shape index (κ3) is 3.42. The second kappa shape index (κ2) is 6.49. The Hall–Kier alpha value is -2.22. The third-order valence-corrected chi connectivity index (χ3v) is 3.29. The lowest BCUT2D eigenvalue weighted by Gasteiger charge is -2.15. The second-order valence-electron chi connectivity index (χ2n) is 4.84. The second-order valence-corrected chi connectivity index (χ2v) is 5.25. The van der Waals surface area contributed by atoms with E-state index in [1.807, 2.05) is 18.3 Å². The number of anilines is 2. The average molecular weight is 346 g/mol. The van der Waals surface area contributed by atoms with Crippen LogP contribution in [0.5, 0.6) is 0 Å². The quantitative estimate of drug-likeness (QED) is 0.353. The summed E-state index contributed by atoms with van der Waals surface area (Å²) in [7, 11) is 0. The minimum absolute atomic E-state index is 0.304. The lowest BCUT2D eigenvalue weighted by Crippen LogP contribution is -2.22. The number of rotatable bonds is 2. The number of aryl methyl sites for hydroxylation is 2. The molecule has 23 heavy (non-hydrogen) atoms. The molecule has 0 spiro atoms. The zero-order valence-electron chi connectivity index (χ0n) is 12.0. The van der Waals surface area contributed by atoms with Crippen LogP contribution in [0.15, 0.2) is 18.2 Å². The van der Waals surface area contributed by atoms with Gasteiger partial charge in [0.05, 0.1) is 0 Å². The highest BCUT2D eigenvalue weighted by Gasteiger charge is 2.26. The molecule has 0 atom stereocenters. The van der Waals surface area contributed by atoms with E-state index < -0.39 is 34.8 Å². The molecule has 122 valence electrons. The maximum absolute atomic E-state index is 13.6. The number of benzene rings is 2. The highest BCUT2D eigenvalue weighted by atomic mass is 32.1. The van der Waals surface area contributed by atoms with Crippen LogP contribution in [-0.2, 0) is 0 Å². The smallest absolute Gasteiger partial charge is 0.200 e. The fourth-order valence-electron chi connectivity index (χ4n) is 1.85. The van der Waals surface area contributed by atoms with Gasteiger partial charge in [-0.2, -0.15) is 0 Å². The fourth-order valence-corrected chi connectivity index (χ4v) is 2.06. The minimum Gasteiger partial charge on any atom is -0.332 e. The van der Waals surface area contributed by atoms with Crippen molar-refractivity contribution in [2.75, 3.05) is 10.6 Å². The molecule has 2 rings (SSSR count). The Morgan fingerprint density at radius 1 is 0.826 bits per heavy atom. The lowest BCUT2D eigenvalue weighted by atomic mass is 10.1. The van der Waals surface area contributed by atoms with Crippen LogP contribution >= 0.6 is 12.2 Å². The van der Waals surface area contributed by atoms with Crippen molar-refractivity contribution in [2.45, 2.75) is 13.8 Å². The predicted octanol–water partition coefficient (Wildman–Crippen LogP) is 4.81. The SMILES string of the molecule is Cc1ccc(C)c(NC(=S)Nc2c(F)c(F)c(F)c(F)c2F)c1. The Morgan fingerprint density at radius 3 is 1.91 bits per heavy atom. The summed E-state index contributed by atoms with van der Waals surface area (Å²) in [6.07, 6.45) is 0. The van der Waals surface area contributed by atoms with E-state index in [1.165, 1.54) is 0 Å². The van der Waals surface area contributed by atoms with Crippen molar-refractivity contribution in [3.8, 4) is 0 Å². The number of halogens is 5. The first-order chi connectivity index (χ1) is 10.7. The predicted molar refractivity (Wildman–Crippen MR) is 82.0 cm³/mol. The third-order valence-electron chi connectivity index (χ3n) is 3.09. The van der Waals surface area contributed by atoms with Gasteiger partial charge in [0.25, 0.3) is 0 Å². The fraction of sp³-hybridized carbons (Fsp3) is 0.133. The zero-order chi connectivity index (χ0) is 17.3. The molecule has 0 aromatic heterocycles. The Kier molecular flexibility index (Phi) is 4.84. The van der Waals surface area contributed by atoms with Crippen molar-refractivity contribution in [3.63, 3.8) is 0 Å². The molecule has 0 aliphatic heterocycles. The summed E-state index contributed by atoms with van der Waals surface area (Å²) in [4.78, 5) is 0. The molecular formula is C15H11F5N2S. The molecule has 0 bridgehead atoms. The topological polar surface area (TPSA) is 24.1 Å². The molecule has 8 heteroatoms. The van der Waals surface area contributed by atoms with Gasteiger partial charge in [0.1, 0.15) is 5.69 Å². The number of hydrogen-bond donors (Lipinski definition) is 2. The molecule has 0 amide bonds. The molecule has 2 N–H and O–H groups in total. The van der Waals surface area contributed by atoms with Gasteiger partial charge >= 0.3 is 0 Å². The summed E-state index contributed by atoms with van der Waals surface area (Å²) in [5, 5.41) is 4.36. The van der Waals surface area contributed by atoms with Crippen LogP contribution in [0.2, 0.25) is 0 Å². The average Bonchev–Trinajstić information content (AvgIpc) is 2.51. The Balaban J connectivity index is 2.29. The van der Waals surface area contributed by atoms with Crippen molar-refractivity contribution in [1.82, 2.24) is 0 Å². The van der Waals surface area contributed by atoms with Crippen LogP contribution in [0.25, 0.3) is 0 Å². The van der Waals surface area contributed by atoms with Gasteiger partial charge in [-0.1, -0.05) is 12.1 Å². The molecule has 2 aromatic rings. The van der Waals surface area contributed by atoms with Crippen LogP contribution in [0.1, 0.15) is 11.1 Å². The maximum Gasteiger partial charge on any atom is 0.200 e. The molecule has 2 aromatic carbocycles. The van der Waals surface area contributed by atoms with Gasteiger partial charge in [-0.25, -0.2) is 22.0 Å². The van der Waals surface area contributed by atoms with E-state index in [0.717, 1.165) is 11.1 Å². The molecule has 0 unspecified atom stereocenters. The van der Waals surface area contributed by atoms with Crippen LogP contribution in [0.4, 0.5) is 33.3 Å². The normalized spacial score (nSPS) is 10.6. The van der Waals surface area contributed by atoms with Crippen LogP contribution in [-0.4, -0.2) is 5.11 Å². The van der Waals surface area contributed by atoms with E-state index in [0.29, 0.717) is 5.69 Å². The Morgan fingerprint density at radius 2 is 1.35 bits per heavy atom. The van der Waals surface area contributed by atoms with Gasteiger partial charge in [-0.15, -0.1) is 0 Å². The van der Waals surface area contributed by atoms with Gasteiger partial charge < -0.3 is 10.6 Å². The summed E-state index contributed by atoms with van der Waals surface area (Å²) < 4.78 is 66.4. The van der Waals surface area contributed by atoms with E-state index >= 15 is 0 Å². The van der Waals surface area contributed by atoms with Crippen molar-refractivity contribution in [1.29, 1.82) is 0 Å². The van der Waals surface area contributed by atoms with Crippen molar-refractivity contribution in [2.24, 2.45) is 0 Å². The van der Waals surface area contributed by atoms with E-state index in [1.54, 1.807) is 19.1 Å². The van der Waals surface area contributed by atoms with Crippen molar-refractivity contribution in [3.05, 3.63) is 58.4 Å². The summed E-state index contributed by atoms with van der Waals surface area (Å²) in [6, 6.07) is 5.36. The van der Waals surface area contributed by atoms with Gasteiger partial charge in [0, 0.05) is 5.69 Å². The lowest BCUT2D eigenvalue weighted by molar-refractivity contribution is 0.382. The van der Waals surface area contributed by atoms with Gasteiger partial charge in [-0.3, -0.25) is 0 Å². The number of thiocarbonyl (C=S) groups is 1. The van der Waals surface area contributed by atoms with Gasteiger partial charge in [0.2, 0.25) is 5.82 Å². The molecule has 0 fully saturated rings. The Labute approximate surface area is 134 Å². The standard InChI is InChI=1S/C15H11F5N2S/c1-6-3-4-7(2)8(5-6)21-15(23)22-14-12(19)10(17)9(16)11(18)13(14)20/h3-5H,1-2H3,(H2,21,22,23). The van der Waals surface area contributed by atoms with E-state index in [9.17, 15) is 22.0 Å². The zero-order valence-corrected chi connectivity index (χ0v) is 12.8. The largest absolute Gasteiger partial charge is 0.332 e. The first kappa shape index (κ1) is 17.1. The van der Waals surface area contributed by atoms with Crippen molar-refractivity contribution >= 4 is 28.7 Å². The summed E-state index contributed by atoms with van der Waals surface area (Å²) in [6.45, 7) is 3.59. The van der Waals surface area contributed by atoms with Crippen LogP contribution < -0.4 is 10.6 Å². The maximum atomic E-state index is 13.6. The molecule has 0 saturated carbocycles. The molecule has 0 saturated heterocycles. The van der Waals surface area contributed by atoms with E-state index in [2.05, 4.69) is 5.32 Å². The molecule has 2 nitrogen and oxygen atoms in total. The van der Waals surface area contributed by atoms with E-state index in [4.69, 9.17) is 12.2 Å². The monoisotopic (exact) mass is 346 g/mol. The van der Waals surface area contributed by atoms with Crippen LogP contribution in [0.3, 0.4) is 0 Å². The van der Waals surface area contributed by atoms with Gasteiger partial charge in [-0.05, 0) is 43.3 Å². The first-order valence-electron chi connectivity index (χ1n) is 6.39. The minimum atomic E-state index is -2.22. The van der Waals surface area contributed by atoms with Crippen molar-refractivity contribution < 1.29 is 22.0 Å². The molecular weight excluding hydrogens is 335 g/mol. The first-order valence-corrected chi connectivity index (χ1v) is 6.80. The Bertz CT molecular complexity index is 763. The molecule has 0 aliphatic rings. The summed E-state index contributed by atoms with van der Waals surface area (Å²) in [5.41, 5.74) is 1.03. The highest BCUT2D eigenvalue weighted by molar-refractivity contribution is 7.80. The number of nitrogens with one attached hydrogen (secondary N) is 2. The summed E-state index contributed by atoms with van der Waals surface area (Å²) in [5.74, 6) is -10.3. The highest BCUT2D eigenvalue weighted by Crippen LogP contribution is 2.27. The summed E-state index contributed by atoms with van der Waals surface area (Å²) >= 11 is 4.87. The molecule has 0 aliphatic carbocycles. The van der Waals surface area contributed by atoms with Crippen LogP contribution in [0, 0.1) is 42.9 Å². The number of hydrogen-bond acceptors (Lipinski definition) is 1. The van der Waals surface area contributed by atoms with Gasteiger partial charge in [0.15, 0.2) is 28.4 Å². The van der Waals surface area contributed by atoms with E-state index in [-0.39, 0.29) is 5.11 Å². The molecule has 0 radical (unpaired) electrons. The molecule has 0 heterocycles.